The number of fused-ring (bicyclic) bond motifs is 2. The van der Waals surface area contributed by atoms with Crippen LogP contribution in [0.2, 0.25) is 10.0 Å². The van der Waals surface area contributed by atoms with E-state index in [9.17, 15) is 4.79 Å². The third kappa shape index (κ3) is 2.43. The first-order valence-electron chi connectivity index (χ1n) is 6.90. The maximum atomic E-state index is 12.7. The van der Waals surface area contributed by atoms with Gasteiger partial charge in [0.25, 0.3) is 5.91 Å². The van der Waals surface area contributed by atoms with E-state index in [1.165, 1.54) is 0 Å². The van der Waals surface area contributed by atoms with Crippen LogP contribution in [0.3, 0.4) is 0 Å². The zero-order valence-electron chi connectivity index (χ0n) is 11.3. The smallest absolute Gasteiger partial charge is 0.255 e. The Hall–Kier alpha value is -0.770. The molecule has 2 bridgehead atoms. The second-order valence-corrected chi connectivity index (χ2v) is 6.39. The van der Waals surface area contributed by atoms with Gasteiger partial charge in [-0.1, -0.05) is 23.2 Å². The number of benzene rings is 1. The minimum Gasteiger partial charge on any atom is -0.381 e. The summed E-state index contributed by atoms with van der Waals surface area (Å²) in [6, 6.07) is 5.61. The Kier molecular flexibility index (Phi) is 3.93. The number of amides is 1. The highest BCUT2D eigenvalue weighted by Crippen LogP contribution is 2.38. The SMILES string of the molecule is COC1CC2CCC(C1)N2C(=O)c1ccc(Cl)cc1Cl. The minimum absolute atomic E-state index is 0.0220. The van der Waals surface area contributed by atoms with Crippen molar-refractivity contribution < 1.29 is 9.53 Å². The highest BCUT2D eigenvalue weighted by atomic mass is 35.5. The van der Waals surface area contributed by atoms with Crippen molar-refractivity contribution in [3.8, 4) is 0 Å². The van der Waals surface area contributed by atoms with Crippen molar-refractivity contribution in [1.82, 2.24) is 4.90 Å². The molecule has 0 aliphatic carbocycles. The van der Waals surface area contributed by atoms with Gasteiger partial charge in [-0.25, -0.2) is 0 Å². The molecule has 0 aromatic heterocycles. The molecule has 108 valence electrons. The molecular formula is C15H17Cl2NO2. The molecule has 1 aromatic carbocycles. The Morgan fingerprint density at radius 2 is 1.90 bits per heavy atom. The average Bonchev–Trinajstić information content (AvgIpc) is 2.68. The summed E-state index contributed by atoms with van der Waals surface area (Å²) in [6.07, 6.45) is 4.23. The Morgan fingerprint density at radius 3 is 2.45 bits per heavy atom. The van der Waals surface area contributed by atoms with Crippen LogP contribution in [-0.2, 0) is 4.74 Å². The van der Waals surface area contributed by atoms with Crippen LogP contribution in [0.15, 0.2) is 18.2 Å². The van der Waals surface area contributed by atoms with Gasteiger partial charge in [-0.3, -0.25) is 4.79 Å². The minimum atomic E-state index is 0.0220. The summed E-state index contributed by atoms with van der Waals surface area (Å²) in [5, 5.41) is 0.975. The van der Waals surface area contributed by atoms with Crippen LogP contribution in [0.25, 0.3) is 0 Å². The largest absolute Gasteiger partial charge is 0.381 e. The summed E-state index contributed by atoms with van der Waals surface area (Å²) in [5.74, 6) is 0.0220. The number of nitrogens with zero attached hydrogens (tertiary/aromatic N) is 1. The van der Waals surface area contributed by atoms with Gasteiger partial charge in [0.1, 0.15) is 0 Å². The maximum absolute atomic E-state index is 12.7. The Bertz CT molecular complexity index is 521. The van der Waals surface area contributed by atoms with Crippen molar-refractivity contribution in [2.24, 2.45) is 0 Å². The van der Waals surface area contributed by atoms with Crippen molar-refractivity contribution in [1.29, 1.82) is 0 Å². The molecule has 2 aliphatic heterocycles. The average molecular weight is 314 g/mol. The Labute approximate surface area is 128 Å². The highest BCUT2D eigenvalue weighted by Gasteiger charge is 2.43. The Morgan fingerprint density at radius 1 is 1.25 bits per heavy atom. The van der Waals surface area contributed by atoms with Crippen LogP contribution >= 0.6 is 23.2 Å². The number of carbonyl (C=O) groups excluding carboxylic acids is 1. The molecule has 2 fully saturated rings. The van der Waals surface area contributed by atoms with Gasteiger partial charge >= 0.3 is 0 Å². The lowest BCUT2D eigenvalue weighted by atomic mass is 9.98. The van der Waals surface area contributed by atoms with Crippen molar-refractivity contribution >= 4 is 29.1 Å². The number of carbonyl (C=O) groups is 1. The summed E-state index contributed by atoms with van der Waals surface area (Å²) in [7, 11) is 1.75. The van der Waals surface area contributed by atoms with Crippen LogP contribution in [0.4, 0.5) is 0 Å². The Balaban J connectivity index is 1.85. The second-order valence-electron chi connectivity index (χ2n) is 5.55. The molecule has 2 atom stereocenters. The molecule has 2 aliphatic rings. The maximum Gasteiger partial charge on any atom is 0.255 e. The first kappa shape index (κ1) is 14.2. The lowest BCUT2D eigenvalue weighted by Gasteiger charge is -2.38. The predicted molar refractivity (Wildman–Crippen MR) is 79.5 cm³/mol. The van der Waals surface area contributed by atoms with Crippen molar-refractivity contribution in [3.63, 3.8) is 0 Å². The van der Waals surface area contributed by atoms with Gasteiger partial charge in [-0.15, -0.1) is 0 Å². The molecule has 1 amide bonds. The van der Waals surface area contributed by atoms with Crippen LogP contribution < -0.4 is 0 Å². The third-order valence-electron chi connectivity index (χ3n) is 4.42. The molecule has 2 unspecified atom stereocenters. The molecule has 0 spiro atoms. The van der Waals surface area contributed by atoms with Crippen LogP contribution in [0, 0.1) is 0 Å². The quantitative estimate of drug-likeness (QED) is 0.831. The van der Waals surface area contributed by atoms with E-state index in [4.69, 9.17) is 27.9 Å². The van der Waals surface area contributed by atoms with E-state index in [2.05, 4.69) is 0 Å². The lowest BCUT2D eigenvalue weighted by molar-refractivity contribution is 0.00823. The van der Waals surface area contributed by atoms with Crippen molar-refractivity contribution in [2.75, 3.05) is 7.11 Å². The van der Waals surface area contributed by atoms with E-state index >= 15 is 0 Å². The molecule has 0 saturated carbocycles. The van der Waals surface area contributed by atoms with Gasteiger partial charge in [0.2, 0.25) is 0 Å². The molecule has 3 nitrogen and oxygen atoms in total. The summed E-state index contributed by atoms with van der Waals surface area (Å²) in [6.45, 7) is 0. The van der Waals surface area contributed by atoms with Gasteiger partial charge in [-0.2, -0.15) is 0 Å². The summed E-state index contributed by atoms with van der Waals surface area (Å²) in [5.41, 5.74) is 0.545. The fourth-order valence-electron chi connectivity index (χ4n) is 3.45. The molecule has 3 rings (SSSR count). The second kappa shape index (κ2) is 5.55. The van der Waals surface area contributed by atoms with Crippen molar-refractivity contribution in [2.45, 2.75) is 43.9 Å². The van der Waals surface area contributed by atoms with Crippen LogP contribution in [0.5, 0.6) is 0 Å². The van der Waals surface area contributed by atoms with Gasteiger partial charge in [0, 0.05) is 24.2 Å². The van der Waals surface area contributed by atoms with Gasteiger partial charge in [0.05, 0.1) is 16.7 Å². The number of methoxy groups -OCH3 is 1. The summed E-state index contributed by atoms with van der Waals surface area (Å²) >= 11 is 12.0. The zero-order chi connectivity index (χ0) is 14.3. The molecule has 20 heavy (non-hydrogen) atoms. The summed E-state index contributed by atoms with van der Waals surface area (Å²) < 4.78 is 5.46. The van der Waals surface area contributed by atoms with Crippen LogP contribution in [0.1, 0.15) is 36.0 Å². The summed E-state index contributed by atoms with van der Waals surface area (Å²) in [4.78, 5) is 14.7. The fourth-order valence-corrected chi connectivity index (χ4v) is 3.94. The predicted octanol–water partition coefficient (Wildman–Crippen LogP) is 3.78. The number of halogens is 2. The number of hydrogen-bond donors (Lipinski definition) is 0. The number of ether oxygens (including phenoxy) is 1. The molecule has 0 N–H and O–H groups in total. The van der Waals surface area contributed by atoms with E-state index in [0.717, 1.165) is 25.7 Å². The zero-order valence-corrected chi connectivity index (χ0v) is 12.8. The first-order valence-corrected chi connectivity index (χ1v) is 7.66. The van der Waals surface area contributed by atoms with Gasteiger partial charge < -0.3 is 9.64 Å². The number of piperidine rings is 1. The molecule has 2 heterocycles. The number of hydrogen-bond acceptors (Lipinski definition) is 2. The van der Waals surface area contributed by atoms with E-state index in [1.54, 1.807) is 25.3 Å². The molecule has 1 aromatic rings. The van der Waals surface area contributed by atoms with Gasteiger partial charge in [-0.05, 0) is 43.9 Å². The molecule has 5 heteroatoms. The van der Waals surface area contributed by atoms with E-state index in [-0.39, 0.29) is 24.1 Å². The third-order valence-corrected chi connectivity index (χ3v) is 4.97. The van der Waals surface area contributed by atoms with E-state index < -0.39 is 0 Å². The molecular weight excluding hydrogens is 297 g/mol. The normalized spacial score (nSPS) is 28.8. The van der Waals surface area contributed by atoms with E-state index in [0.29, 0.717) is 15.6 Å². The highest BCUT2D eigenvalue weighted by molar-refractivity contribution is 6.36. The van der Waals surface area contributed by atoms with E-state index in [1.807, 2.05) is 4.90 Å². The number of rotatable bonds is 2. The van der Waals surface area contributed by atoms with Crippen LogP contribution in [-0.4, -0.2) is 36.1 Å². The van der Waals surface area contributed by atoms with Crippen molar-refractivity contribution in [3.05, 3.63) is 33.8 Å². The molecule has 2 saturated heterocycles. The molecule has 0 radical (unpaired) electrons. The standard InChI is InChI=1S/C15H17Cl2NO2/c1-20-12-7-10-3-4-11(8-12)18(10)15(19)13-5-2-9(16)6-14(13)17/h2,5-6,10-12H,3-4,7-8H2,1H3. The monoisotopic (exact) mass is 313 g/mol. The van der Waals surface area contributed by atoms with Gasteiger partial charge in [0.15, 0.2) is 0 Å². The fraction of sp³-hybridized carbons (Fsp3) is 0.533. The lowest BCUT2D eigenvalue weighted by Crippen LogP contribution is -2.48. The topological polar surface area (TPSA) is 29.5 Å². The first-order chi connectivity index (χ1) is 9.60.